The van der Waals surface area contributed by atoms with Crippen molar-refractivity contribution in [1.29, 1.82) is 0 Å². The van der Waals surface area contributed by atoms with Gasteiger partial charge in [0.15, 0.2) is 0 Å². The molecular formula is C19H29N3. The van der Waals surface area contributed by atoms with E-state index >= 15 is 0 Å². The minimum absolute atomic E-state index is 0.745. The van der Waals surface area contributed by atoms with Crippen LogP contribution >= 0.6 is 0 Å². The Hall–Kier alpha value is -1.32. The Morgan fingerprint density at radius 2 is 2.00 bits per heavy atom. The highest BCUT2D eigenvalue weighted by molar-refractivity contribution is 5.81. The van der Waals surface area contributed by atoms with Gasteiger partial charge in [-0.15, -0.1) is 0 Å². The summed E-state index contributed by atoms with van der Waals surface area (Å²) in [6, 6.07) is 11.8. The van der Waals surface area contributed by atoms with Gasteiger partial charge in [0.1, 0.15) is 0 Å². The first-order valence-corrected chi connectivity index (χ1v) is 8.57. The molecule has 3 rings (SSSR count). The van der Waals surface area contributed by atoms with Crippen LogP contribution in [0.4, 0.5) is 0 Å². The monoisotopic (exact) mass is 299 g/mol. The van der Waals surface area contributed by atoms with Crippen molar-refractivity contribution in [3.05, 3.63) is 36.0 Å². The molecule has 0 N–H and O–H groups in total. The molecule has 2 aromatic rings. The highest BCUT2D eigenvalue weighted by atomic mass is 15.2. The summed E-state index contributed by atoms with van der Waals surface area (Å²) in [5.74, 6) is 0. The van der Waals surface area contributed by atoms with Gasteiger partial charge in [0.25, 0.3) is 0 Å². The van der Waals surface area contributed by atoms with E-state index in [-0.39, 0.29) is 0 Å². The Kier molecular flexibility index (Phi) is 4.84. The molecule has 3 nitrogen and oxygen atoms in total. The Balaban J connectivity index is 1.75. The van der Waals surface area contributed by atoms with Crippen molar-refractivity contribution in [2.24, 2.45) is 7.05 Å². The average molecular weight is 299 g/mol. The normalized spacial score (nSPS) is 20.1. The number of aryl methyl sites for hydroxylation is 1. The summed E-state index contributed by atoms with van der Waals surface area (Å²) in [7, 11) is 6.56. The third-order valence-electron chi connectivity index (χ3n) is 5.07. The van der Waals surface area contributed by atoms with Crippen LogP contribution in [0.25, 0.3) is 10.9 Å². The van der Waals surface area contributed by atoms with Gasteiger partial charge in [-0.25, -0.2) is 0 Å². The maximum Gasteiger partial charge on any atom is 0.0480 e. The summed E-state index contributed by atoms with van der Waals surface area (Å²) in [6.07, 6.45) is 5.39. The molecule has 2 heterocycles. The molecule has 0 bridgehead atoms. The zero-order chi connectivity index (χ0) is 15.5. The smallest absolute Gasteiger partial charge is 0.0480 e. The fraction of sp³-hybridized carbons (Fsp3) is 0.579. The SMILES string of the molecule is CN(C)CC[C@H]1CCCCN1Cc1cc2ccccc2n1C. The van der Waals surface area contributed by atoms with Crippen LogP contribution < -0.4 is 0 Å². The van der Waals surface area contributed by atoms with E-state index < -0.39 is 0 Å². The van der Waals surface area contributed by atoms with Gasteiger partial charge < -0.3 is 9.47 Å². The molecule has 22 heavy (non-hydrogen) atoms. The quantitative estimate of drug-likeness (QED) is 0.837. The number of nitrogens with zero attached hydrogens (tertiary/aromatic N) is 3. The van der Waals surface area contributed by atoms with Crippen molar-refractivity contribution in [1.82, 2.24) is 14.4 Å². The summed E-state index contributed by atoms with van der Waals surface area (Å²) < 4.78 is 2.37. The van der Waals surface area contributed by atoms with Crippen LogP contribution in [0.1, 0.15) is 31.4 Å². The van der Waals surface area contributed by atoms with E-state index in [1.807, 2.05) is 0 Å². The summed E-state index contributed by atoms with van der Waals surface area (Å²) >= 11 is 0. The summed E-state index contributed by atoms with van der Waals surface area (Å²) in [4.78, 5) is 5.02. The molecule has 3 heteroatoms. The molecule has 1 atom stereocenters. The fourth-order valence-corrected chi connectivity index (χ4v) is 3.71. The minimum atomic E-state index is 0.745. The number of fused-ring (bicyclic) bond motifs is 1. The lowest BCUT2D eigenvalue weighted by molar-refractivity contribution is 0.122. The Morgan fingerprint density at radius 1 is 1.18 bits per heavy atom. The third-order valence-corrected chi connectivity index (χ3v) is 5.07. The van der Waals surface area contributed by atoms with Gasteiger partial charge in [0.05, 0.1) is 0 Å². The number of hydrogen-bond donors (Lipinski definition) is 0. The van der Waals surface area contributed by atoms with E-state index in [0.29, 0.717) is 0 Å². The number of rotatable bonds is 5. The second-order valence-corrected chi connectivity index (χ2v) is 6.97. The standard InChI is InChI=1S/C19H29N3/c1-20(2)13-11-17-9-6-7-12-22(17)15-18-14-16-8-4-5-10-19(16)21(18)3/h4-5,8,10,14,17H,6-7,9,11-13,15H2,1-3H3/t17-/m1/s1. The molecule has 0 radical (unpaired) electrons. The first-order chi connectivity index (χ1) is 10.6. The van der Waals surface area contributed by atoms with Crippen molar-refractivity contribution in [3.63, 3.8) is 0 Å². The maximum absolute atomic E-state index is 2.71. The van der Waals surface area contributed by atoms with Crippen molar-refractivity contribution < 1.29 is 0 Å². The van der Waals surface area contributed by atoms with Crippen LogP contribution in [0.15, 0.2) is 30.3 Å². The van der Waals surface area contributed by atoms with E-state index in [1.165, 1.54) is 55.4 Å². The Bertz CT molecular complexity index is 614. The molecule has 0 aliphatic carbocycles. The van der Waals surface area contributed by atoms with Crippen LogP contribution in [0.5, 0.6) is 0 Å². The lowest BCUT2D eigenvalue weighted by Gasteiger charge is -2.36. The van der Waals surface area contributed by atoms with Crippen molar-refractivity contribution in [2.45, 2.75) is 38.3 Å². The lowest BCUT2D eigenvalue weighted by atomic mass is 9.99. The van der Waals surface area contributed by atoms with E-state index in [9.17, 15) is 0 Å². The van der Waals surface area contributed by atoms with Crippen LogP contribution in [-0.2, 0) is 13.6 Å². The van der Waals surface area contributed by atoms with Crippen molar-refractivity contribution in [3.8, 4) is 0 Å². The van der Waals surface area contributed by atoms with E-state index in [2.05, 4.69) is 65.8 Å². The molecule has 1 fully saturated rings. The first kappa shape index (κ1) is 15.6. The van der Waals surface area contributed by atoms with Gasteiger partial charge >= 0.3 is 0 Å². The highest BCUT2D eigenvalue weighted by Crippen LogP contribution is 2.25. The fourth-order valence-electron chi connectivity index (χ4n) is 3.71. The van der Waals surface area contributed by atoms with E-state index in [1.54, 1.807) is 0 Å². The number of hydrogen-bond acceptors (Lipinski definition) is 2. The molecule has 1 aliphatic heterocycles. The predicted molar refractivity (Wildman–Crippen MR) is 94.1 cm³/mol. The number of piperidine rings is 1. The lowest BCUT2D eigenvalue weighted by Crippen LogP contribution is -2.40. The van der Waals surface area contributed by atoms with Gasteiger partial charge in [-0.3, -0.25) is 4.90 Å². The molecule has 1 saturated heterocycles. The van der Waals surface area contributed by atoms with Gasteiger partial charge in [-0.1, -0.05) is 24.6 Å². The van der Waals surface area contributed by atoms with E-state index in [4.69, 9.17) is 0 Å². The number of aromatic nitrogens is 1. The predicted octanol–water partition coefficient (Wildman–Crippen LogP) is 3.48. The van der Waals surface area contributed by atoms with Crippen LogP contribution in [0, 0.1) is 0 Å². The summed E-state index contributed by atoms with van der Waals surface area (Å²) in [6.45, 7) is 3.53. The Morgan fingerprint density at radius 3 is 2.77 bits per heavy atom. The van der Waals surface area contributed by atoms with Gasteiger partial charge in [0, 0.05) is 30.8 Å². The van der Waals surface area contributed by atoms with Crippen LogP contribution in [-0.4, -0.2) is 47.6 Å². The molecule has 0 unspecified atom stereocenters. The molecule has 1 aromatic carbocycles. The number of benzene rings is 1. The third kappa shape index (κ3) is 3.36. The molecule has 0 amide bonds. The largest absolute Gasteiger partial charge is 0.346 e. The zero-order valence-corrected chi connectivity index (χ0v) is 14.3. The number of para-hydroxylation sites is 1. The van der Waals surface area contributed by atoms with Crippen molar-refractivity contribution in [2.75, 3.05) is 27.2 Å². The van der Waals surface area contributed by atoms with Gasteiger partial charge in [0.2, 0.25) is 0 Å². The number of likely N-dealkylation sites (tertiary alicyclic amines) is 1. The molecule has 1 aliphatic rings. The second-order valence-electron chi connectivity index (χ2n) is 6.97. The molecule has 1 aromatic heterocycles. The summed E-state index contributed by atoms with van der Waals surface area (Å²) in [5.41, 5.74) is 2.79. The van der Waals surface area contributed by atoms with Crippen LogP contribution in [0.3, 0.4) is 0 Å². The van der Waals surface area contributed by atoms with Gasteiger partial charge in [-0.05, 0) is 64.0 Å². The Labute approximate surface area is 134 Å². The molecular weight excluding hydrogens is 270 g/mol. The topological polar surface area (TPSA) is 11.4 Å². The average Bonchev–Trinajstić information content (AvgIpc) is 2.83. The van der Waals surface area contributed by atoms with E-state index in [0.717, 1.165) is 12.6 Å². The molecule has 0 spiro atoms. The minimum Gasteiger partial charge on any atom is -0.346 e. The zero-order valence-electron chi connectivity index (χ0n) is 14.3. The summed E-state index contributed by atoms with van der Waals surface area (Å²) in [5, 5.41) is 1.36. The van der Waals surface area contributed by atoms with Crippen LogP contribution in [0.2, 0.25) is 0 Å². The van der Waals surface area contributed by atoms with Crippen molar-refractivity contribution >= 4 is 10.9 Å². The maximum atomic E-state index is 2.71. The first-order valence-electron chi connectivity index (χ1n) is 8.57. The molecule has 0 saturated carbocycles. The van der Waals surface area contributed by atoms with Gasteiger partial charge in [-0.2, -0.15) is 0 Å². The molecule has 120 valence electrons. The second kappa shape index (κ2) is 6.84. The highest BCUT2D eigenvalue weighted by Gasteiger charge is 2.23.